The van der Waals surface area contributed by atoms with E-state index in [1.54, 1.807) is 5.51 Å². The van der Waals surface area contributed by atoms with E-state index in [1.807, 2.05) is 6.92 Å². The zero-order chi connectivity index (χ0) is 12.0. The summed E-state index contributed by atoms with van der Waals surface area (Å²) in [6.45, 7) is 4.67. The topological polar surface area (TPSA) is 42.0 Å². The van der Waals surface area contributed by atoms with E-state index in [1.165, 1.54) is 11.3 Å². The SMILES string of the molecule is Cc1ncsc1C(=O)NCCCC(C)CCl. The lowest BCUT2D eigenvalue weighted by atomic mass is 10.1. The van der Waals surface area contributed by atoms with Crippen LogP contribution in [0.15, 0.2) is 5.51 Å². The zero-order valence-electron chi connectivity index (χ0n) is 9.62. The number of carbonyl (C=O) groups is 1. The summed E-state index contributed by atoms with van der Waals surface area (Å²) in [6, 6.07) is 0. The number of alkyl halides is 1. The van der Waals surface area contributed by atoms with Gasteiger partial charge < -0.3 is 5.32 Å². The van der Waals surface area contributed by atoms with Crippen molar-refractivity contribution in [3.8, 4) is 0 Å². The van der Waals surface area contributed by atoms with Gasteiger partial charge in [0.1, 0.15) is 4.88 Å². The van der Waals surface area contributed by atoms with Crippen molar-refractivity contribution in [1.29, 1.82) is 0 Å². The summed E-state index contributed by atoms with van der Waals surface area (Å²) in [5.41, 5.74) is 2.50. The van der Waals surface area contributed by atoms with Crippen molar-refractivity contribution in [3.05, 3.63) is 16.1 Å². The van der Waals surface area contributed by atoms with E-state index in [2.05, 4.69) is 17.2 Å². The smallest absolute Gasteiger partial charge is 0.263 e. The van der Waals surface area contributed by atoms with Crippen LogP contribution >= 0.6 is 22.9 Å². The molecule has 0 spiro atoms. The Morgan fingerprint density at radius 2 is 2.44 bits per heavy atom. The van der Waals surface area contributed by atoms with Crippen molar-refractivity contribution < 1.29 is 4.79 Å². The van der Waals surface area contributed by atoms with Crippen LogP contribution in [0.4, 0.5) is 0 Å². The van der Waals surface area contributed by atoms with Crippen molar-refractivity contribution >= 4 is 28.8 Å². The van der Waals surface area contributed by atoms with Crippen molar-refractivity contribution in [2.45, 2.75) is 26.7 Å². The fourth-order valence-electron chi connectivity index (χ4n) is 1.33. The number of aryl methyl sites for hydroxylation is 1. The van der Waals surface area contributed by atoms with Crippen molar-refractivity contribution in [1.82, 2.24) is 10.3 Å². The minimum atomic E-state index is -0.0153. The summed E-state index contributed by atoms with van der Waals surface area (Å²) in [4.78, 5) is 16.4. The number of hydrogen-bond donors (Lipinski definition) is 1. The van der Waals surface area contributed by atoms with Gasteiger partial charge in [0.25, 0.3) is 5.91 Å². The number of rotatable bonds is 6. The minimum absolute atomic E-state index is 0.0153. The summed E-state index contributed by atoms with van der Waals surface area (Å²) in [5, 5.41) is 2.89. The highest BCUT2D eigenvalue weighted by atomic mass is 35.5. The van der Waals surface area contributed by atoms with Crippen molar-refractivity contribution in [2.24, 2.45) is 5.92 Å². The Kier molecular flexibility index (Phi) is 5.77. The lowest BCUT2D eigenvalue weighted by Gasteiger charge is -2.07. The highest BCUT2D eigenvalue weighted by molar-refractivity contribution is 7.11. The number of nitrogens with one attached hydrogen (secondary N) is 1. The Bertz CT molecular complexity index is 340. The predicted molar refractivity (Wildman–Crippen MR) is 68.3 cm³/mol. The van der Waals surface area contributed by atoms with Crippen LogP contribution in [0.5, 0.6) is 0 Å². The molecule has 1 aromatic rings. The molecule has 0 aliphatic carbocycles. The Labute approximate surface area is 105 Å². The standard InChI is InChI=1S/C11H17ClN2OS/c1-8(6-12)4-3-5-13-11(15)10-9(2)14-7-16-10/h7-8H,3-6H2,1-2H3,(H,13,15). The third kappa shape index (κ3) is 4.10. The first kappa shape index (κ1) is 13.5. The minimum Gasteiger partial charge on any atom is -0.351 e. The van der Waals surface area contributed by atoms with Gasteiger partial charge in [0.05, 0.1) is 11.2 Å². The van der Waals surface area contributed by atoms with Crippen LogP contribution < -0.4 is 5.32 Å². The van der Waals surface area contributed by atoms with Crippen LogP contribution in [-0.2, 0) is 0 Å². The molecule has 90 valence electrons. The summed E-state index contributed by atoms with van der Waals surface area (Å²) >= 11 is 7.08. The predicted octanol–water partition coefficient (Wildman–Crippen LogP) is 2.84. The van der Waals surface area contributed by atoms with Gasteiger partial charge in [-0.2, -0.15) is 0 Å². The summed E-state index contributed by atoms with van der Waals surface area (Å²) in [6.07, 6.45) is 2.02. The fourth-order valence-corrected chi connectivity index (χ4v) is 2.20. The Morgan fingerprint density at radius 3 is 3.00 bits per heavy atom. The van der Waals surface area contributed by atoms with Crippen molar-refractivity contribution in [2.75, 3.05) is 12.4 Å². The molecule has 0 aromatic carbocycles. The number of halogens is 1. The maximum absolute atomic E-state index is 11.7. The van der Waals surface area contributed by atoms with Gasteiger partial charge in [-0.1, -0.05) is 6.92 Å². The second-order valence-electron chi connectivity index (χ2n) is 3.92. The molecule has 1 rings (SSSR count). The molecular weight excluding hydrogens is 244 g/mol. The molecule has 1 atom stereocenters. The quantitative estimate of drug-likeness (QED) is 0.631. The third-order valence-corrected chi connectivity index (χ3v) is 3.83. The van der Waals surface area contributed by atoms with Gasteiger partial charge in [-0.3, -0.25) is 4.79 Å². The van der Waals surface area contributed by atoms with Gasteiger partial charge in [0.15, 0.2) is 0 Å². The second-order valence-corrected chi connectivity index (χ2v) is 5.09. The molecule has 0 radical (unpaired) electrons. The normalized spacial score (nSPS) is 12.4. The number of hydrogen-bond acceptors (Lipinski definition) is 3. The van der Waals surface area contributed by atoms with E-state index in [0.717, 1.165) is 18.5 Å². The van der Waals surface area contributed by atoms with Gasteiger partial charge >= 0.3 is 0 Å². The van der Waals surface area contributed by atoms with Gasteiger partial charge in [-0.05, 0) is 25.7 Å². The first-order chi connectivity index (χ1) is 7.65. The van der Waals surface area contributed by atoms with E-state index in [4.69, 9.17) is 11.6 Å². The lowest BCUT2D eigenvalue weighted by molar-refractivity contribution is 0.0956. The molecule has 3 nitrogen and oxygen atoms in total. The number of nitrogens with zero attached hydrogens (tertiary/aromatic N) is 1. The molecule has 1 N–H and O–H groups in total. The largest absolute Gasteiger partial charge is 0.351 e. The number of thiazole rings is 1. The molecule has 0 saturated heterocycles. The monoisotopic (exact) mass is 260 g/mol. The molecule has 0 saturated carbocycles. The number of amides is 1. The number of carbonyl (C=O) groups excluding carboxylic acids is 1. The van der Waals surface area contributed by atoms with Crippen LogP contribution in [-0.4, -0.2) is 23.3 Å². The Hall–Kier alpha value is -0.610. The molecule has 1 amide bonds. The highest BCUT2D eigenvalue weighted by Gasteiger charge is 2.10. The van der Waals surface area contributed by atoms with E-state index < -0.39 is 0 Å². The van der Waals surface area contributed by atoms with Crippen LogP contribution in [0.3, 0.4) is 0 Å². The maximum Gasteiger partial charge on any atom is 0.263 e. The molecule has 0 fully saturated rings. The Morgan fingerprint density at radius 1 is 1.69 bits per heavy atom. The maximum atomic E-state index is 11.7. The average Bonchev–Trinajstić information content (AvgIpc) is 2.70. The van der Waals surface area contributed by atoms with Crippen LogP contribution in [0.2, 0.25) is 0 Å². The molecule has 1 unspecified atom stereocenters. The van der Waals surface area contributed by atoms with Crippen molar-refractivity contribution in [3.63, 3.8) is 0 Å². The van der Waals surface area contributed by atoms with Crippen LogP contribution in [0.1, 0.15) is 35.1 Å². The second kappa shape index (κ2) is 6.86. The van der Waals surface area contributed by atoms with Gasteiger partial charge in [-0.25, -0.2) is 4.98 Å². The zero-order valence-corrected chi connectivity index (χ0v) is 11.2. The summed E-state index contributed by atoms with van der Waals surface area (Å²) < 4.78 is 0. The lowest BCUT2D eigenvalue weighted by Crippen LogP contribution is -2.24. The van der Waals surface area contributed by atoms with Gasteiger partial charge in [-0.15, -0.1) is 22.9 Å². The molecule has 5 heteroatoms. The number of aromatic nitrogens is 1. The first-order valence-corrected chi connectivity index (χ1v) is 6.80. The Balaban J connectivity index is 2.24. The van der Waals surface area contributed by atoms with Crippen LogP contribution in [0, 0.1) is 12.8 Å². The summed E-state index contributed by atoms with van der Waals surface area (Å²) in [7, 11) is 0. The molecule has 0 bridgehead atoms. The van der Waals surface area contributed by atoms with Gasteiger partial charge in [0, 0.05) is 12.4 Å². The van der Waals surface area contributed by atoms with E-state index in [0.29, 0.717) is 23.2 Å². The van der Waals surface area contributed by atoms with E-state index in [9.17, 15) is 4.79 Å². The molecule has 0 aliphatic rings. The van der Waals surface area contributed by atoms with E-state index >= 15 is 0 Å². The van der Waals surface area contributed by atoms with Crippen LogP contribution in [0.25, 0.3) is 0 Å². The molecule has 16 heavy (non-hydrogen) atoms. The first-order valence-electron chi connectivity index (χ1n) is 5.39. The molecule has 1 aromatic heterocycles. The van der Waals surface area contributed by atoms with E-state index in [-0.39, 0.29) is 5.91 Å². The molecule has 1 heterocycles. The average molecular weight is 261 g/mol. The highest BCUT2D eigenvalue weighted by Crippen LogP contribution is 2.11. The van der Waals surface area contributed by atoms with Gasteiger partial charge in [0.2, 0.25) is 0 Å². The molecular formula is C11H17ClN2OS. The fraction of sp³-hybridized carbons (Fsp3) is 0.636. The molecule has 0 aliphatic heterocycles. The summed E-state index contributed by atoms with van der Waals surface area (Å²) in [5.74, 6) is 1.18. The third-order valence-electron chi connectivity index (χ3n) is 2.37.